The van der Waals surface area contributed by atoms with E-state index in [-0.39, 0.29) is 11.6 Å². The number of hydrogen-bond acceptors (Lipinski definition) is 2. The van der Waals surface area contributed by atoms with Crippen molar-refractivity contribution in [3.8, 4) is 0 Å². The number of halogens is 2. The van der Waals surface area contributed by atoms with Gasteiger partial charge in [-0.1, -0.05) is 49.2 Å². The third kappa shape index (κ3) is 3.43. The molecule has 19 heavy (non-hydrogen) atoms. The summed E-state index contributed by atoms with van der Waals surface area (Å²) in [5, 5.41) is 4.82. The van der Waals surface area contributed by atoms with Gasteiger partial charge in [-0.25, -0.2) is 0 Å². The van der Waals surface area contributed by atoms with Gasteiger partial charge in [-0.2, -0.15) is 0 Å². The fourth-order valence-corrected chi connectivity index (χ4v) is 2.81. The largest absolute Gasteiger partial charge is 0.309 e. The molecule has 0 bridgehead atoms. The first-order valence-electron chi connectivity index (χ1n) is 6.73. The molecule has 2 nitrogen and oxygen atoms in total. The molecule has 0 aliphatic carbocycles. The lowest BCUT2D eigenvalue weighted by atomic mass is 9.83. The van der Waals surface area contributed by atoms with Crippen LogP contribution in [0.1, 0.15) is 38.8 Å². The van der Waals surface area contributed by atoms with E-state index in [0.717, 1.165) is 18.5 Å². The minimum Gasteiger partial charge on any atom is -0.309 e. The summed E-state index contributed by atoms with van der Waals surface area (Å²) in [5.74, 6) is 0. The molecule has 1 rings (SSSR count). The van der Waals surface area contributed by atoms with Crippen molar-refractivity contribution in [2.75, 3.05) is 20.6 Å². The van der Waals surface area contributed by atoms with Crippen LogP contribution in [0.15, 0.2) is 18.2 Å². The monoisotopic (exact) mass is 302 g/mol. The SMILES string of the molecule is CCNC(c1cccc(Cl)c1Cl)C(C)(CC)N(C)C. The summed E-state index contributed by atoms with van der Waals surface area (Å²) in [7, 11) is 4.21. The standard InChI is InChI=1S/C15H24Cl2N2/c1-6-15(3,19(4)5)14(18-7-2)11-9-8-10-12(16)13(11)17/h8-10,14,18H,6-7H2,1-5H3. The Balaban J connectivity index is 3.31. The number of likely N-dealkylation sites (N-methyl/N-ethyl adjacent to an activating group) is 2. The molecule has 0 saturated carbocycles. The highest BCUT2D eigenvalue weighted by Gasteiger charge is 2.36. The number of rotatable bonds is 6. The second kappa shape index (κ2) is 6.94. The molecular weight excluding hydrogens is 279 g/mol. The van der Waals surface area contributed by atoms with Gasteiger partial charge in [0.25, 0.3) is 0 Å². The molecule has 0 amide bonds. The van der Waals surface area contributed by atoms with Crippen molar-refractivity contribution in [3.05, 3.63) is 33.8 Å². The molecule has 0 spiro atoms. The summed E-state index contributed by atoms with van der Waals surface area (Å²) in [4.78, 5) is 2.25. The average Bonchev–Trinajstić information content (AvgIpc) is 2.38. The van der Waals surface area contributed by atoms with Crippen molar-refractivity contribution in [2.45, 2.75) is 38.8 Å². The van der Waals surface area contributed by atoms with Gasteiger partial charge in [0.05, 0.1) is 16.1 Å². The maximum Gasteiger partial charge on any atom is 0.0640 e. The van der Waals surface area contributed by atoms with Crippen molar-refractivity contribution < 1.29 is 0 Å². The van der Waals surface area contributed by atoms with Crippen LogP contribution < -0.4 is 5.32 Å². The number of hydrogen-bond donors (Lipinski definition) is 1. The average molecular weight is 303 g/mol. The Morgan fingerprint density at radius 1 is 1.26 bits per heavy atom. The van der Waals surface area contributed by atoms with E-state index in [9.17, 15) is 0 Å². The predicted molar refractivity (Wildman–Crippen MR) is 85.3 cm³/mol. The van der Waals surface area contributed by atoms with Gasteiger partial charge in [-0.05, 0) is 45.6 Å². The highest BCUT2D eigenvalue weighted by molar-refractivity contribution is 6.42. The van der Waals surface area contributed by atoms with E-state index >= 15 is 0 Å². The van der Waals surface area contributed by atoms with Gasteiger partial charge in [-0.3, -0.25) is 0 Å². The zero-order valence-electron chi connectivity index (χ0n) is 12.4. The first-order valence-corrected chi connectivity index (χ1v) is 7.48. The van der Waals surface area contributed by atoms with Crippen LogP contribution in [0.4, 0.5) is 0 Å². The normalized spacial score (nSPS) is 16.4. The minimum atomic E-state index is -0.0235. The number of benzene rings is 1. The summed E-state index contributed by atoms with van der Waals surface area (Å²) >= 11 is 12.6. The fourth-order valence-electron chi connectivity index (χ4n) is 2.39. The molecule has 1 aromatic rings. The molecule has 0 fully saturated rings. The van der Waals surface area contributed by atoms with Crippen molar-refractivity contribution in [1.29, 1.82) is 0 Å². The molecule has 0 aliphatic heterocycles. The molecule has 0 heterocycles. The summed E-state index contributed by atoms with van der Waals surface area (Å²) in [6.07, 6.45) is 1.01. The van der Waals surface area contributed by atoms with Crippen LogP contribution in [-0.4, -0.2) is 31.1 Å². The van der Waals surface area contributed by atoms with E-state index in [4.69, 9.17) is 23.2 Å². The summed E-state index contributed by atoms with van der Waals surface area (Å²) in [6, 6.07) is 5.98. The topological polar surface area (TPSA) is 15.3 Å². The van der Waals surface area contributed by atoms with Gasteiger partial charge < -0.3 is 10.2 Å². The number of nitrogens with zero attached hydrogens (tertiary/aromatic N) is 1. The summed E-state index contributed by atoms with van der Waals surface area (Å²) in [5.41, 5.74) is 1.04. The molecule has 1 aromatic carbocycles. The van der Waals surface area contributed by atoms with Crippen LogP contribution in [0.3, 0.4) is 0 Å². The summed E-state index contributed by atoms with van der Waals surface area (Å²) in [6.45, 7) is 7.44. The molecule has 1 N–H and O–H groups in total. The fraction of sp³-hybridized carbons (Fsp3) is 0.600. The molecular formula is C15H24Cl2N2. The van der Waals surface area contributed by atoms with E-state index in [0.29, 0.717) is 10.0 Å². The van der Waals surface area contributed by atoms with Crippen molar-refractivity contribution in [1.82, 2.24) is 10.2 Å². The summed E-state index contributed by atoms with van der Waals surface area (Å²) < 4.78 is 0. The Morgan fingerprint density at radius 2 is 1.89 bits per heavy atom. The highest BCUT2D eigenvalue weighted by atomic mass is 35.5. The third-order valence-corrected chi connectivity index (χ3v) is 4.89. The maximum absolute atomic E-state index is 6.40. The quantitative estimate of drug-likeness (QED) is 0.839. The smallest absolute Gasteiger partial charge is 0.0640 e. The molecule has 0 radical (unpaired) electrons. The maximum atomic E-state index is 6.40. The third-order valence-electron chi connectivity index (χ3n) is 4.06. The highest BCUT2D eigenvalue weighted by Crippen LogP contribution is 2.38. The van der Waals surface area contributed by atoms with Crippen LogP contribution in [0.2, 0.25) is 10.0 Å². The van der Waals surface area contributed by atoms with Gasteiger partial charge >= 0.3 is 0 Å². The Morgan fingerprint density at radius 3 is 2.37 bits per heavy atom. The molecule has 0 aromatic heterocycles. The second-order valence-corrected chi connectivity index (χ2v) is 6.02. The molecule has 4 heteroatoms. The van der Waals surface area contributed by atoms with Gasteiger partial charge in [0.15, 0.2) is 0 Å². The second-order valence-electron chi connectivity index (χ2n) is 5.24. The van der Waals surface area contributed by atoms with Crippen LogP contribution >= 0.6 is 23.2 Å². The molecule has 2 unspecified atom stereocenters. The molecule has 0 saturated heterocycles. The Kier molecular flexibility index (Phi) is 6.13. The van der Waals surface area contributed by atoms with Crippen LogP contribution in [0.25, 0.3) is 0 Å². The van der Waals surface area contributed by atoms with Crippen molar-refractivity contribution in [2.24, 2.45) is 0 Å². The zero-order chi connectivity index (χ0) is 14.6. The molecule has 2 atom stereocenters. The van der Waals surface area contributed by atoms with Crippen LogP contribution in [0.5, 0.6) is 0 Å². The number of nitrogens with one attached hydrogen (secondary N) is 1. The lowest BCUT2D eigenvalue weighted by Gasteiger charge is -2.43. The first kappa shape index (κ1) is 16.8. The van der Waals surface area contributed by atoms with Gasteiger partial charge in [0.1, 0.15) is 0 Å². The van der Waals surface area contributed by atoms with Gasteiger partial charge in [0, 0.05) is 5.54 Å². The Bertz CT molecular complexity index is 421. The minimum absolute atomic E-state index is 0.0235. The lowest BCUT2D eigenvalue weighted by Crippen LogP contribution is -2.51. The van der Waals surface area contributed by atoms with Crippen LogP contribution in [-0.2, 0) is 0 Å². The predicted octanol–water partition coefficient (Wildman–Crippen LogP) is 4.37. The van der Waals surface area contributed by atoms with E-state index in [1.807, 2.05) is 12.1 Å². The zero-order valence-corrected chi connectivity index (χ0v) is 13.9. The lowest BCUT2D eigenvalue weighted by molar-refractivity contribution is 0.114. The van der Waals surface area contributed by atoms with E-state index in [1.54, 1.807) is 0 Å². The van der Waals surface area contributed by atoms with Crippen molar-refractivity contribution in [3.63, 3.8) is 0 Å². The van der Waals surface area contributed by atoms with E-state index in [1.165, 1.54) is 0 Å². The van der Waals surface area contributed by atoms with Gasteiger partial charge in [0.2, 0.25) is 0 Å². The Hall–Kier alpha value is -0.280. The molecule has 0 aliphatic rings. The van der Waals surface area contributed by atoms with E-state index < -0.39 is 0 Å². The van der Waals surface area contributed by atoms with Crippen LogP contribution in [0, 0.1) is 0 Å². The van der Waals surface area contributed by atoms with E-state index in [2.05, 4.69) is 51.1 Å². The molecule has 108 valence electrons. The van der Waals surface area contributed by atoms with Gasteiger partial charge in [-0.15, -0.1) is 0 Å². The van der Waals surface area contributed by atoms with Crippen molar-refractivity contribution >= 4 is 23.2 Å². The first-order chi connectivity index (χ1) is 8.88. The Labute approximate surface area is 127 Å².